The topological polar surface area (TPSA) is 122 Å². The van der Waals surface area contributed by atoms with Crippen LogP contribution >= 0.6 is 0 Å². The van der Waals surface area contributed by atoms with Gasteiger partial charge in [0.15, 0.2) is 5.69 Å². The number of nitrogens with one attached hydrogen (secondary N) is 3. The van der Waals surface area contributed by atoms with Crippen LogP contribution in [0.5, 0.6) is 0 Å². The molecule has 0 spiro atoms. The third kappa shape index (κ3) is 4.22. The van der Waals surface area contributed by atoms with Crippen molar-refractivity contribution in [3.05, 3.63) is 70.1 Å². The molecule has 2 aromatic carbocycles. The van der Waals surface area contributed by atoms with Crippen LogP contribution in [0.2, 0.25) is 0 Å². The summed E-state index contributed by atoms with van der Waals surface area (Å²) in [7, 11) is 0. The number of aromatic nitrogens is 2. The van der Waals surface area contributed by atoms with Crippen molar-refractivity contribution in [2.24, 2.45) is 5.92 Å². The van der Waals surface area contributed by atoms with Crippen molar-refractivity contribution in [3.8, 4) is 0 Å². The molecule has 0 aliphatic carbocycles. The first kappa shape index (κ1) is 21.2. The predicted octanol–water partition coefficient (Wildman–Crippen LogP) is 1.77. The smallest absolute Gasteiger partial charge is 0.290 e. The van der Waals surface area contributed by atoms with Gasteiger partial charge >= 0.3 is 0 Å². The minimum Gasteiger partial charge on any atom is -0.326 e. The Balaban J connectivity index is 1.38. The van der Waals surface area contributed by atoms with Gasteiger partial charge in [-0.3, -0.25) is 30.0 Å². The lowest BCUT2D eigenvalue weighted by Gasteiger charge is -2.24. The van der Waals surface area contributed by atoms with E-state index in [2.05, 4.69) is 21.3 Å². The Morgan fingerprint density at radius 1 is 1.06 bits per heavy atom. The SMILES string of the molecule is CCn1nc(C(=O)NNC(=O)CC[C@@H]2Cc3ccccc3NC2=O)c2ccccc2c1=O. The molecule has 1 atom stereocenters. The van der Waals surface area contributed by atoms with Gasteiger partial charge in [-0.1, -0.05) is 36.4 Å². The summed E-state index contributed by atoms with van der Waals surface area (Å²) >= 11 is 0. The Morgan fingerprint density at radius 3 is 2.56 bits per heavy atom. The molecule has 164 valence electrons. The predicted molar refractivity (Wildman–Crippen MR) is 119 cm³/mol. The Morgan fingerprint density at radius 2 is 1.78 bits per heavy atom. The van der Waals surface area contributed by atoms with E-state index in [0.29, 0.717) is 30.2 Å². The number of carbonyl (C=O) groups excluding carboxylic acids is 3. The molecule has 0 saturated heterocycles. The highest BCUT2D eigenvalue weighted by atomic mass is 16.2. The normalized spacial score (nSPS) is 15.0. The molecule has 3 aromatic rings. The average molecular weight is 433 g/mol. The number of aryl methyl sites for hydroxylation is 1. The zero-order chi connectivity index (χ0) is 22.7. The van der Waals surface area contributed by atoms with Crippen LogP contribution < -0.4 is 21.7 Å². The number of fused-ring (bicyclic) bond motifs is 2. The summed E-state index contributed by atoms with van der Waals surface area (Å²) < 4.78 is 1.21. The van der Waals surface area contributed by atoms with Crippen LogP contribution in [0.1, 0.15) is 35.8 Å². The summed E-state index contributed by atoms with van der Waals surface area (Å²) in [6, 6.07) is 14.3. The number of rotatable bonds is 5. The number of amides is 3. The minimum absolute atomic E-state index is 0.0469. The Labute approximate surface area is 183 Å². The van der Waals surface area contributed by atoms with E-state index in [9.17, 15) is 19.2 Å². The lowest BCUT2D eigenvalue weighted by atomic mass is 9.89. The van der Waals surface area contributed by atoms with Crippen molar-refractivity contribution in [2.75, 3.05) is 5.32 Å². The van der Waals surface area contributed by atoms with Crippen LogP contribution in [0.25, 0.3) is 10.8 Å². The van der Waals surface area contributed by atoms with Gasteiger partial charge in [0, 0.05) is 30.0 Å². The van der Waals surface area contributed by atoms with Crippen molar-refractivity contribution >= 4 is 34.2 Å². The van der Waals surface area contributed by atoms with Crippen LogP contribution in [-0.4, -0.2) is 27.5 Å². The minimum atomic E-state index is -0.624. The molecular formula is C23H23N5O4. The zero-order valence-electron chi connectivity index (χ0n) is 17.6. The van der Waals surface area contributed by atoms with Crippen molar-refractivity contribution in [3.63, 3.8) is 0 Å². The number of para-hydroxylation sites is 1. The second kappa shape index (κ2) is 9.01. The second-order valence-electron chi connectivity index (χ2n) is 7.60. The van der Waals surface area contributed by atoms with Crippen molar-refractivity contribution in [1.29, 1.82) is 0 Å². The second-order valence-corrected chi connectivity index (χ2v) is 7.60. The van der Waals surface area contributed by atoms with Crippen LogP contribution in [0.15, 0.2) is 53.3 Å². The molecule has 9 heteroatoms. The number of benzene rings is 2. The van der Waals surface area contributed by atoms with Gasteiger partial charge in [0.2, 0.25) is 11.8 Å². The first-order valence-electron chi connectivity index (χ1n) is 10.5. The summed E-state index contributed by atoms with van der Waals surface area (Å²) in [5, 5.41) is 7.78. The molecule has 1 aliphatic rings. The maximum atomic E-state index is 12.7. The molecule has 0 bridgehead atoms. The Kier molecular flexibility index (Phi) is 5.98. The molecule has 1 aliphatic heterocycles. The highest BCUT2D eigenvalue weighted by Crippen LogP contribution is 2.27. The molecule has 4 rings (SSSR count). The van der Waals surface area contributed by atoms with Gasteiger partial charge in [0.1, 0.15) is 0 Å². The Hall–Kier alpha value is -4.01. The highest BCUT2D eigenvalue weighted by molar-refractivity contribution is 6.05. The van der Waals surface area contributed by atoms with E-state index in [0.717, 1.165) is 11.3 Å². The summed E-state index contributed by atoms with van der Waals surface area (Å²) in [5.41, 5.74) is 6.34. The van der Waals surface area contributed by atoms with Gasteiger partial charge in [-0.25, -0.2) is 4.68 Å². The fraction of sp³-hybridized carbons (Fsp3) is 0.261. The summed E-state index contributed by atoms with van der Waals surface area (Å²) in [6.07, 6.45) is 0.989. The molecule has 0 fully saturated rings. The van der Waals surface area contributed by atoms with Crippen LogP contribution in [0, 0.1) is 5.92 Å². The van der Waals surface area contributed by atoms with Gasteiger partial charge in [-0.15, -0.1) is 0 Å². The number of nitrogens with zero attached hydrogens (tertiary/aromatic N) is 2. The first-order valence-corrected chi connectivity index (χ1v) is 10.5. The fourth-order valence-electron chi connectivity index (χ4n) is 3.82. The van der Waals surface area contributed by atoms with Crippen LogP contribution in [0.3, 0.4) is 0 Å². The van der Waals surface area contributed by atoms with E-state index in [-0.39, 0.29) is 29.5 Å². The van der Waals surface area contributed by atoms with Crippen LogP contribution in [-0.2, 0) is 22.6 Å². The van der Waals surface area contributed by atoms with Crippen molar-refractivity contribution in [2.45, 2.75) is 32.7 Å². The van der Waals surface area contributed by atoms with Gasteiger partial charge in [0.05, 0.1) is 5.39 Å². The quantitative estimate of drug-likeness (QED) is 0.530. The van der Waals surface area contributed by atoms with Crippen molar-refractivity contribution < 1.29 is 14.4 Å². The standard InChI is InChI=1S/C23H23N5O4/c1-2-28-23(32)17-9-5-4-8-16(17)20(27-28)22(31)26-25-19(29)12-11-15-13-14-7-3-6-10-18(14)24-21(15)30/h3-10,15H,2,11-13H2,1H3,(H,24,30)(H,25,29)(H,26,31)/t15-/m1/s1. The maximum absolute atomic E-state index is 12.7. The van der Waals surface area contributed by atoms with E-state index in [1.807, 2.05) is 24.3 Å². The fourth-order valence-corrected chi connectivity index (χ4v) is 3.82. The molecule has 9 nitrogen and oxygen atoms in total. The number of hydrazine groups is 1. The lowest BCUT2D eigenvalue weighted by Crippen LogP contribution is -2.43. The maximum Gasteiger partial charge on any atom is 0.290 e. The van der Waals surface area contributed by atoms with E-state index in [1.54, 1.807) is 31.2 Å². The molecule has 0 saturated carbocycles. The summed E-state index contributed by atoms with van der Waals surface area (Å²) in [4.78, 5) is 49.6. The van der Waals surface area contributed by atoms with Gasteiger partial charge in [-0.2, -0.15) is 5.10 Å². The lowest BCUT2D eigenvalue weighted by molar-refractivity contribution is -0.123. The molecule has 0 radical (unpaired) electrons. The third-order valence-corrected chi connectivity index (χ3v) is 5.53. The monoisotopic (exact) mass is 433 g/mol. The average Bonchev–Trinajstić information content (AvgIpc) is 2.81. The molecule has 3 amide bonds. The Bertz CT molecular complexity index is 1270. The number of hydrogen-bond acceptors (Lipinski definition) is 5. The van der Waals surface area contributed by atoms with Gasteiger partial charge in [-0.05, 0) is 37.5 Å². The van der Waals surface area contributed by atoms with E-state index >= 15 is 0 Å². The molecule has 1 aromatic heterocycles. The van der Waals surface area contributed by atoms with Gasteiger partial charge < -0.3 is 5.32 Å². The van der Waals surface area contributed by atoms with Crippen LogP contribution in [0.4, 0.5) is 5.69 Å². The highest BCUT2D eigenvalue weighted by Gasteiger charge is 2.26. The summed E-state index contributed by atoms with van der Waals surface area (Å²) in [6.45, 7) is 2.06. The number of carbonyl (C=O) groups is 3. The summed E-state index contributed by atoms with van der Waals surface area (Å²) in [5.74, 6) is -1.47. The molecule has 0 unspecified atom stereocenters. The molecule has 3 N–H and O–H groups in total. The van der Waals surface area contributed by atoms with E-state index in [4.69, 9.17) is 0 Å². The third-order valence-electron chi connectivity index (χ3n) is 5.53. The number of hydrogen-bond donors (Lipinski definition) is 3. The molecule has 32 heavy (non-hydrogen) atoms. The largest absolute Gasteiger partial charge is 0.326 e. The first-order chi connectivity index (χ1) is 15.5. The van der Waals surface area contributed by atoms with Gasteiger partial charge in [0.25, 0.3) is 11.5 Å². The van der Waals surface area contributed by atoms with E-state index < -0.39 is 11.8 Å². The molecule has 2 heterocycles. The number of anilines is 1. The van der Waals surface area contributed by atoms with Crippen molar-refractivity contribution in [1.82, 2.24) is 20.6 Å². The molecular weight excluding hydrogens is 410 g/mol. The zero-order valence-corrected chi connectivity index (χ0v) is 17.6. The van der Waals surface area contributed by atoms with E-state index in [1.165, 1.54) is 4.68 Å².